The van der Waals surface area contributed by atoms with Gasteiger partial charge >= 0.3 is 0 Å². The molecule has 6 nitrogen and oxygen atoms in total. The summed E-state index contributed by atoms with van der Waals surface area (Å²) in [5, 5.41) is 2.97. The van der Waals surface area contributed by atoms with E-state index in [-0.39, 0.29) is 24.7 Å². The number of hydrogen-bond acceptors (Lipinski definition) is 5. The number of carbonyl (C=O) groups excluding carboxylic acids is 1. The molecule has 1 aliphatic heterocycles. The van der Waals surface area contributed by atoms with E-state index in [1.165, 1.54) is 6.42 Å². The lowest BCUT2D eigenvalue weighted by atomic mass is 9.65. The van der Waals surface area contributed by atoms with E-state index >= 15 is 0 Å². The van der Waals surface area contributed by atoms with Crippen molar-refractivity contribution in [3.63, 3.8) is 0 Å². The van der Waals surface area contributed by atoms with Gasteiger partial charge in [-0.25, -0.2) is 0 Å². The Morgan fingerprint density at radius 2 is 1.78 bits per heavy atom. The molecule has 6 heteroatoms. The fourth-order valence-corrected chi connectivity index (χ4v) is 4.30. The van der Waals surface area contributed by atoms with Crippen LogP contribution in [0.4, 0.5) is 11.4 Å². The quantitative estimate of drug-likeness (QED) is 0.725. The van der Waals surface area contributed by atoms with Gasteiger partial charge in [0.2, 0.25) is 12.7 Å². The first-order valence-corrected chi connectivity index (χ1v) is 8.37. The minimum atomic E-state index is 0.0231. The maximum Gasteiger partial charge on any atom is 0.231 e. The van der Waals surface area contributed by atoms with Gasteiger partial charge in [0.1, 0.15) is 0 Å². The second-order valence-corrected chi connectivity index (χ2v) is 6.98. The lowest BCUT2D eigenvalue weighted by Crippen LogP contribution is -2.48. The van der Waals surface area contributed by atoms with Crippen molar-refractivity contribution in [1.82, 2.24) is 0 Å². The van der Waals surface area contributed by atoms with E-state index in [0.717, 1.165) is 25.7 Å². The summed E-state index contributed by atoms with van der Waals surface area (Å²) in [7, 11) is 0. The van der Waals surface area contributed by atoms with Gasteiger partial charge in [-0.1, -0.05) is 6.42 Å². The monoisotopic (exact) mass is 317 g/mol. The smallest absolute Gasteiger partial charge is 0.231 e. The number of nitrogens with two attached hydrogens (primary N) is 2. The number of hydrogen-bond donors (Lipinski definition) is 3. The highest BCUT2D eigenvalue weighted by Gasteiger charge is 2.40. The molecule has 2 unspecified atom stereocenters. The molecular formula is C17H23N3O3. The van der Waals surface area contributed by atoms with E-state index in [1.807, 2.05) is 0 Å². The highest BCUT2D eigenvalue weighted by molar-refractivity contribution is 5.96. The highest BCUT2D eigenvalue weighted by atomic mass is 16.7. The van der Waals surface area contributed by atoms with Gasteiger partial charge in [0, 0.05) is 24.1 Å². The zero-order valence-electron chi connectivity index (χ0n) is 13.1. The number of ether oxygens (including phenoxy) is 2. The molecule has 2 aliphatic carbocycles. The molecule has 0 radical (unpaired) electrons. The molecule has 0 saturated heterocycles. The van der Waals surface area contributed by atoms with Crippen LogP contribution in [0.3, 0.4) is 0 Å². The molecule has 0 aromatic heterocycles. The standard InChI is InChI=1S/C17H23N3O3/c18-12-6-14-15(23-8-22-14)7-13(12)20-17(21)11-4-9-2-1-3-10(5-11)16(9)19/h6-7,9-11,16H,1-5,8,18-19H2,(H,20,21). The molecule has 2 bridgehead atoms. The van der Waals surface area contributed by atoms with Gasteiger partial charge < -0.3 is 26.3 Å². The van der Waals surface area contributed by atoms with Crippen LogP contribution in [0.15, 0.2) is 12.1 Å². The number of benzene rings is 1. The average Bonchev–Trinajstić information content (AvgIpc) is 2.94. The summed E-state index contributed by atoms with van der Waals surface area (Å²) < 4.78 is 10.6. The molecular weight excluding hydrogens is 294 g/mol. The van der Waals surface area contributed by atoms with Crippen molar-refractivity contribution in [2.24, 2.45) is 23.5 Å². The Bertz CT molecular complexity index is 620. The lowest BCUT2D eigenvalue weighted by Gasteiger charge is -2.43. The van der Waals surface area contributed by atoms with Gasteiger partial charge in [-0.15, -0.1) is 0 Å². The van der Waals surface area contributed by atoms with Crippen LogP contribution in [0.1, 0.15) is 32.1 Å². The first-order chi connectivity index (χ1) is 11.1. The van der Waals surface area contributed by atoms with Crippen LogP contribution < -0.4 is 26.3 Å². The zero-order valence-corrected chi connectivity index (χ0v) is 13.1. The molecule has 124 valence electrons. The molecule has 1 aromatic carbocycles. The second kappa shape index (κ2) is 5.60. The van der Waals surface area contributed by atoms with E-state index < -0.39 is 0 Å². The summed E-state index contributed by atoms with van der Waals surface area (Å²) in [6, 6.07) is 3.71. The maximum atomic E-state index is 12.7. The van der Waals surface area contributed by atoms with Gasteiger partial charge in [0.15, 0.2) is 11.5 Å². The zero-order chi connectivity index (χ0) is 16.0. The van der Waals surface area contributed by atoms with Crippen molar-refractivity contribution >= 4 is 17.3 Å². The predicted molar refractivity (Wildman–Crippen MR) is 87.1 cm³/mol. The number of rotatable bonds is 2. The molecule has 4 rings (SSSR count). The summed E-state index contributed by atoms with van der Waals surface area (Å²) in [6.07, 6.45) is 5.30. The van der Waals surface area contributed by atoms with Crippen molar-refractivity contribution in [1.29, 1.82) is 0 Å². The van der Waals surface area contributed by atoms with Gasteiger partial charge in [-0.3, -0.25) is 4.79 Å². The maximum absolute atomic E-state index is 12.7. The van der Waals surface area contributed by atoms with E-state index in [4.69, 9.17) is 20.9 Å². The van der Waals surface area contributed by atoms with Crippen LogP contribution in [0, 0.1) is 17.8 Å². The summed E-state index contributed by atoms with van der Waals surface area (Å²) >= 11 is 0. The first-order valence-electron chi connectivity index (χ1n) is 8.37. The van der Waals surface area contributed by atoms with Crippen LogP contribution >= 0.6 is 0 Å². The Hall–Kier alpha value is -1.95. The largest absolute Gasteiger partial charge is 0.454 e. The van der Waals surface area contributed by atoms with E-state index in [1.54, 1.807) is 12.1 Å². The molecule has 2 atom stereocenters. The van der Waals surface area contributed by atoms with Crippen molar-refractivity contribution in [2.75, 3.05) is 17.8 Å². The van der Waals surface area contributed by atoms with Gasteiger partial charge in [0.05, 0.1) is 11.4 Å². The van der Waals surface area contributed by atoms with E-state index in [9.17, 15) is 4.79 Å². The number of fused-ring (bicyclic) bond motifs is 3. The highest BCUT2D eigenvalue weighted by Crippen LogP contribution is 2.43. The molecule has 2 saturated carbocycles. The SMILES string of the molecule is Nc1cc2c(cc1NC(=O)C1CC3CCCC(C1)C3N)OCO2. The number of carbonyl (C=O) groups is 1. The van der Waals surface area contributed by atoms with Crippen LogP contribution in [-0.4, -0.2) is 18.7 Å². The van der Waals surface area contributed by atoms with Crippen molar-refractivity contribution in [3.8, 4) is 11.5 Å². The molecule has 23 heavy (non-hydrogen) atoms. The number of anilines is 2. The van der Waals surface area contributed by atoms with Gasteiger partial charge in [0.25, 0.3) is 0 Å². The topological polar surface area (TPSA) is 99.6 Å². The van der Waals surface area contributed by atoms with Crippen LogP contribution in [0.2, 0.25) is 0 Å². The van der Waals surface area contributed by atoms with Crippen molar-refractivity contribution in [2.45, 2.75) is 38.1 Å². The number of nitrogen functional groups attached to an aromatic ring is 1. The summed E-state index contributed by atoms with van der Waals surface area (Å²) in [5.74, 6) is 2.27. The summed E-state index contributed by atoms with van der Waals surface area (Å²) in [6.45, 7) is 0.191. The number of nitrogens with one attached hydrogen (secondary N) is 1. The number of amides is 1. The van der Waals surface area contributed by atoms with Gasteiger partial charge in [-0.2, -0.15) is 0 Å². The van der Waals surface area contributed by atoms with E-state index in [0.29, 0.717) is 34.7 Å². The molecule has 3 aliphatic rings. The Balaban J connectivity index is 1.48. The molecule has 5 N–H and O–H groups in total. The third kappa shape index (κ3) is 2.61. The van der Waals surface area contributed by atoms with Crippen LogP contribution in [0.5, 0.6) is 11.5 Å². The Kier molecular flexibility index (Phi) is 3.56. The third-order valence-corrected chi connectivity index (χ3v) is 5.59. The lowest BCUT2D eigenvalue weighted by molar-refractivity contribution is -0.122. The van der Waals surface area contributed by atoms with Crippen molar-refractivity contribution in [3.05, 3.63) is 12.1 Å². The van der Waals surface area contributed by atoms with Crippen LogP contribution in [-0.2, 0) is 4.79 Å². The normalized spacial score (nSPS) is 31.7. The molecule has 0 spiro atoms. The van der Waals surface area contributed by atoms with Gasteiger partial charge in [-0.05, 0) is 37.5 Å². The fourth-order valence-electron chi connectivity index (χ4n) is 4.30. The Morgan fingerprint density at radius 1 is 1.13 bits per heavy atom. The average molecular weight is 317 g/mol. The molecule has 1 heterocycles. The Morgan fingerprint density at radius 3 is 2.48 bits per heavy atom. The second-order valence-electron chi connectivity index (χ2n) is 6.98. The Labute approximate surface area is 135 Å². The summed E-state index contributed by atoms with van der Waals surface area (Å²) in [5.41, 5.74) is 13.4. The minimum Gasteiger partial charge on any atom is -0.454 e. The fraction of sp³-hybridized carbons (Fsp3) is 0.588. The van der Waals surface area contributed by atoms with E-state index in [2.05, 4.69) is 5.32 Å². The molecule has 1 aromatic rings. The van der Waals surface area contributed by atoms with Crippen LogP contribution in [0.25, 0.3) is 0 Å². The predicted octanol–water partition coefficient (Wildman–Crippen LogP) is 2.09. The third-order valence-electron chi connectivity index (χ3n) is 5.59. The minimum absolute atomic E-state index is 0.0231. The van der Waals surface area contributed by atoms with Crippen molar-refractivity contribution < 1.29 is 14.3 Å². The molecule has 2 fully saturated rings. The first kappa shape index (κ1) is 14.6. The summed E-state index contributed by atoms with van der Waals surface area (Å²) in [4.78, 5) is 12.7. The molecule has 1 amide bonds.